The predicted molar refractivity (Wildman–Crippen MR) is 53.8 cm³/mol. The summed E-state index contributed by atoms with van der Waals surface area (Å²) in [6.07, 6.45) is 1.65. The number of rotatable bonds is 2. The third-order valence-corrected chi connectivity index (χ3v) is 2.36. The molecule has 1 heterocycles. The molecular formula is C11H10FNO2. The van der Waals surface area contributed by atoms with E-state index in [1.807, 2.05) is 0 Å². The van der Waals surface area contributed by atoms with Crippen molar-refractivity contribution in [2.45, 2.75) is 6.04 Å². The summed E-state index contributed by atoms with van der Waals surface area (Å²) >= 11 is 0. The highest BCUT2D eigenvalue weighted by atomic mass is 19.1. The van der Waals surface area contributed by atoms with E-state index in [0.29, 0.717) is 6.54 Å². The van der Waals surface area contributed by atoms with Crippen LogP contribution in [0.4, 0.5) is 4.39 Å². The lowest BCUT2D eigenvalue weighted by Crippen LogP contribution is -2.30. The predicted octanol–water partition coefficient (Wildman–Crippen LogP) is 1.27. The number of carboxylic acid groups (broad SMARTS) is 1. The summed E-state index contributed by atoms with van der Waals surface area (Å²) in [6.45, 7) is 0.503. The van der Waals surface area contributed by atoms with E-state index in [-0.39, 0.29) is 5.82 Å². The maximum absolute atomic E-state index is 12.6. The van der Waals surface area contributed by atoms with Gasteiger partial charge in [-0.1, -0.05) is 18.2 Å². The second-order valence-corrected chi connectivity index (χ2v) is 3.40. The molecule has 0 spiro atoms. The first-order valence-electron chi connectivity index (χ1n) is 4.59. The standard InChI is InChI=1S/C11H10FNO2/c12-9-3-1-7(2-4-9)8-5-10(11(14)15)13-6-8/h1-5,10,13H,6H2,(H,14,15). The number of aliphatic carboxylic acids is 1. The minimum atomic E-state index is -0.896. The van der Waals surface area contributed by atoms with Gasteiger partial charge in [-0.25, -0.2) is 4.39 Å². The average Bonchev–Trinajstić information content (AvgIpc) is 2.68. The lowest BCUT2D eigenvalue weighted by molar-refractivity contribution is -0.137. The quantitative estimate of drug-likeness (QED) is 0.767. The second kappa shape index (κ2) is 3.82. The maximum Gasteiger partial charge on any atom is 0.324 e. The highest BCUT2D eigenvalue weighted by Crippen LogP contribution is 2.19. The van der Waals surface area contributed by atoms with Crippen LogP contribution < -0.4 is 5.32 Å². The van der Waals surface area contributed by atoms with Gasteiger partial charge in [-0.15, -0.1) is 0 Å². The molecule has 1 atom stereocenters. The average molecular weight is 207 g/mol. The summed E-state index contributed by atoms with van der Waals surface area (Å²) in [6, 6.07) is 5.39. The molecule has 15 heavy (non-hydrogen) atoms. The lowest BCUT2D eigenvalue weighted by atomic mass is 10.1. The molecule has 0 bridgehead atoms. The summed E-state index contributed by atoms with van der Waals surface area (Å²) in [5.41, 5.74) is 1.75. The summed E-state index contributed by atoms with van der Waals surface area (Å²) in [5.74, 6) is -1.19. The van der Waals surface area contributed by atoms with Crippen molar-refractivity contribution < 1.29 is 14.3 Å². The molecule has 3 nitrogen and oxygen atoms in total. The molecule has 0 radical (unpaired) electrons. The summed E-state index contributed by atoms with van der Waals surface area (Å²) < 4.78 is 12.6. The Labute approximate surface area is 86.2 Å². The van der Waals surface area contributed by atoms with E-state index in [1.54, 1.807) is 18.2 Å². The summed E-state index contributed by atoms with van der Waals surface area (Å²) in [4.78, 5) is 10.7. The number of carboxylic acids is 1. The van der Waals surface area contributed by atoms with Crippen LogP contribution in [0.15, 0.2) is 30.3 Å². The fraction of sp³-hybridized carbons (Fsp3) is 0.182. The van der Waals surface area contributed by atoms with E-state index >= 15 is 0 Å². The first kappa shape index (κ1) is 9.86. The third-order valence-electron chi connectivity index (χ3n) is 2.36. The fourth-order valence-electron chi connectivity index (χ4n) is 1.56. The van der Waals surface area contributed by atoms with Crippen molar-refractivity contribution in [3.05, 3.63) is 41.7 Å². The van der Waals surface area contributed by atoms with Crippen LogP contribution in [0.5, 0.6) is 0 Å². The summed E-state index contributed by atoms with van der Waals surface area (Å²) in [5, 5.41) is 11.6. The molecule has 4 heteroatoms. The Kier molecular flexibility index (Phi) is 2.51. The SMILES string of the molecule is O=C(O)C1C=C(c2ccc(F)cc2)CN1. The number of hydrogen-bond acceptors (Lipinski definition) is 2. The number of benzene rings is 1. The van der Waals surface area contributed by atoms with Crippen LogP contribution in [-0.2, 0) is 4.79 Å². The van der Waals surface area contributed by atoms with Crippen molar-refractivity contribution in [1.29, 1.82) is 0 Å². The third kappa shape index (κ3) is 2.05. The van der Waals surface area contributed by atoms with Crippen molar-refractivity contribution in [1.82, 2.24) is 5.32 Å². The molecule has 0 aliphatic carbocycles. The van der Waals surface area contributed by atoms with Crippen molar-refractivity contribution in [3.8, 4) is 0 Å². The number of halogens is 1. The highest BCUT2D eigenvalue weighted by molar-refractivity contribution is 5.83. The number of nitrogens with one attached hydrogen (secondary N) is 1. The molecule has 0 fully saturated rings. The molecule has 0 amide bonds. The van der Waals surface area contributed by atoms with Gasteiger partial charge in [0.15, 0.2) is 0 Å². The lowest BCUT2D eigenvalue weighted by Gasteiger charge is -2.00. The first-order valence-corrected chi connectivity index (χ1v) is 4.59. The van der Waals surface area contributed by atoms with Gasteiger partial charge in [0, 0.05) is 6.54 Å². The maximum atomic E-state index is 12.6. The van der Waals surface area contributed by atoms with Gasteiger partial charge in [-0.2, -0.15) is 0 Å². The molecule has 1 unspecified atom stereocenters. The molecule has 1 aromatic carbocycles. The van der Waals surface area contributed by atoms with E-state index in [4.69, 9.17) is 5.11 Å². The Balaban J connectivity index is 2.22. The van der Waals surface area contributed by atoms with Gasteiger partial charge in [0.2, 0.25) is 0 Å². The zero-order valence-electron chi connectivity index (χ0n) is 7.90. The molecular weight excluding hydrogens is 197 g/mol. The van der Waals surface area contributed by atoms with Crippen LogP contribution in [0, 0.1) is 5.82 Å². The van der Waals surface area contributed by atoms with Crippen LogP contribution in [0.3, 0.4) is 0 Å². The van der Waals surface area contributed by atoms with E-state index in [2.05, 4.69) is 5.32 Å². The van der Waals surface area contributed by atoms with Crippen molar-refractivity contribution in [3.63, 3.8) is 0 Å². The molecule has 1 aliphatic rings. The van der Waals surface area contributed by atoms with Gasteiger partial charge < -0.3 is 5.11 Å². The monoisotopic (exact) mass is 207 g/mol. The van der Waals surface area contributed by atoms with E-state index in [1.165, 1.54) is 12.1 Å². The van der Waals surface area contributed by atoms with Crippen LogP contribution in [0.1, 0.15) is 5.56 Å². The zero-order valence-corrected chi connectivity index (χ0v) is 7.90. The van der Waals surface area contributed by atoms with Gasteiger partial charge in [-0.3, -0.25) is 10.1 Å². The normalized spacial score (nSPS) is 20.1. The first-order chi connectivity index (χ1) is 7.16. The minimum Gasteiger partial charge on any atom is -0.480 e. The topological polar surface area (TPSA) is 49.3 Å². The van der Waals surface area contributed by atoms with Crippen molar-refractivity contribution in [2.75, 3.05) is 6.54 Å². The Morgan fingerprint density at radius 1 is 1.40 bits per heavy atom. The van der Waals surface area contributed by atoms with E-state index in [0.717, 1.165) is 11.1 Å². The van der Waals surface area contributed by atoms with Crippen LogP contribution in [-0.4, -0.2) is 23.7 Å². The molecule has 0 saturated carbocycles. The van der Waals surface area contributed by atoms with Gasteiger partial charge in [0.1, 0.15) is 11.9 Å². The van der Waals surface area contributed by atoms with Gasteiger partial charge >= 0.3 is 5.97 Å². The van der Waals surface area contributed by atoms with Gasteiger partial charge in [-0.05, 0) is 23.3 Å². The summed E-state index contributed by atoms with van der Waals surface area (Å²) in [7, 11) is 0. The molecule has 0 aromatic heterocycles. The second-order valence-electron chi connectivity index (χ2n) is 3.40. The Morgan fingerprint density at radius 2 is 2.07 bits per heavy atom. The molecule has 1 aliphatic heterocycles. The molecule has 2 N–H and O–H groups in total. The number of carbonyl (C=O) groups is 1. The highest BCUT2D eigenvalue weighted by Gasteiger charge is 2.21. The smallest absolute Gasteiger partial charge is 0.324 e. The number of hydrogen-bond donors (Lipinski definition) is 2. The van der Waals surface area contributed by atoms with Crippen molar-refractivity contribution >= 4 is 11.5 Å². The molecule has 2 rings (SSSR count). The largest absolute Gasteiger partial charge is 0.480 e. The Morgan fingerprint density at radius 3 is 2.60 bits per heavy atom. The van der Waals surface area contributed by atoms with Crippen LogP contribution in [0.2, 0.25) is 0 Å². The van der Waals surface area contributed by atoms with E-state index in [9.17, 15) is 9.18 Å². The Hall–Kier alpha value is -1.68. The van der Waals surface area contributed by atoms with Crippen LogP contribution in [0.25, 0.3) is 5.57 Å². The Bertz CT molecular complexity index is 411. The molecule has 1 aromatic rings. The van der Waals surface area contributed by atoms with E-state index < -0.39 is 12.0 Å². The fourth-order valence-corrected chi connectivity index (χ4v) is 1.56. The van der Waals surface area contributed by atoms with Crippen LogP contribution >= 0.6 is 0 Å². The molecule has 78 valence electrons. The molecule has 0 saturated heterocycles. The van der Waals surface area contributed by atoms with Gasteiger partial charge in [0.05, 0.1) is 0 Å². The van der Waals surface area contributed by atoms with Crippen molar-refractivity contribution in [2.24, 2.45) is 0 Å². The zero-order chi connectivity index (χ0) is 10.8. The van der Waals surface area contributed by atoms with Gasteiger partial charge in [0.25, 0.3) is 0 Å². The minimum absolute atomic E-state index is 0.292.